The van der Waals surface area contributed by atoms with Crippen LogP contribution in [0.5, 0.6) is 0 Å². The van der Waals surface area contributed by atoms with E-state index in [4.69, 9.17) is 0 Å². The Balaban J connectivity index is 1.91. The second-order valence-corrected chi connectivity index (χ2v) is 8.52. The van der Waals surface area contributed by atoms with Gasteiger partial charge in [-0.15, -0.1) is 11.3 Å². The highest BCUT2D eigenvalue weighted by Gasteiger charge is 2.17. The maximum Gasteiger partial charge on any atom is 0.271 e. The van der Waals surface area contributed by atoms with Crippen LogP contribution in [0.2, 0.25) is 0 Å². The van der Waals surface area contributed by atoms with Gasteiger partial charge in [0.25, 0.3) is 15.6 Å². The maximum absolute atomic E-state index is 12.5. The number of anilines is 1. The smallest absolute Gasteiger partial charge is 0.271 e. The number of rotatable bonds is 5. The molecule has 0 spiro atoms. The van der Waals surface area contributed by atoms with Gasteiger partial charge < -0.3 is 0 Å². The monoisotopic (exact) mass is 375 g/mol. The van der Waals surface area contributed by atoms with Crippen molar-refractivity contribution >= 4 is 27.0 Å². The van der Waals surface area contributed by atoms with Gasteiger partial charge in [-0.05, 0) is 36.8 Å². The number of nitrogens with zero attached hydrogens (tertiary/aromatic N) is 2. The Hall–Kier alpha value is -2.45. The fourth-order valence-corrected chi connectivity index (χ4v) is 4.64. The Kier molecular flexibility index (Phi) is 4.73. The Morgan fingerprint density at radius 1 is 1.16 bits per heavy atom. The Bertz CT molecular complexity index is 1070. The summed E-state index contributed by atoms with van der Waals surface area (Å²) in [6.07, 6.45) is 0.800. The van der Waals surface area contributed by atoms with Crippen LogP contribution in [-0.2, 0) is 23.5 Å². The summed E-state index contributed by atoms with van der Waals surface area (Å²) in [5.74, 6) is 0. The first-order valence-corrected chi connectivity index (χ1v) is 9.95. The fraction of sp³-hybridized carbons (Fsp3) is 0.176. The second kappa shape index (κ2) is 6.81. The lowest BCUT2D eigenvalue weighted by Crippen LogP contribution is -2.18. The molecule has 1 N–H and O–H groups in total. The molecule has 2 aromatic heterocycles. The third-order valence-corrected chi connectivity index (χ3v) is 6.72. The molecule has 3 aromatic rings. The van der Waals surface area contributed by atoms with Gasteiger partial charge in [-0.25, -0.2) is 13.1 Å². The largest absolute Gasteiger partial charge is 0.279 e. The fourth-order valence-electron chi connectivity index (χ4n) is 2.30. The summed E-state index contributed by atoms with van der Waals surface area (Å²) < 4.78 is 29.2. The van der Waals surface area contributed by atoms with Crippen LogP contribution in [-0.4, -0.2) is 18.2 Å². The molecule has 0 aliphatic carbocycles. The lowest BCUT2D eigenvalue weighted by atomic mass is 10.1. The molecular weight excluding hydrogens is 358 g/mol. The molecular formula is C17H17N3O3S2. The highest BCUT2D eigenvalue weighted by atomic mass is 32.2. The molecule has 0 unspecified atom stereocenters. The summed E-state index contributed by atoms with van der Waals surface area (Å²) in [5, 5.41) is 4.18. The molecule has 0 aliphatic rings. The predicted octanol–water partition coefficient (Wildman–Crippen LogP) is 2.87. The molecule has 1 aromatic carbocycles. The predicted molar refractivity (Wildman–Crippen MR) is 99.4 cm³/mol. The van der Waals surface area contributed by atoms with Crippen LogP contribution >= 0.6 is 11.3 Å². The summed E-state index contributed by atoms with van der Waals surface area (Å²) in [6.45, 7) is 1.99. The number of hydrogen-bond acceptors (Lipinski definition) is 5. The summed E-state index contributed by atoms with van der Waals surface area (Å²) in [7, 11) is -2.05. The van der Waals surface area contributed by atoms with Gasteiger partial charge in [-0.1, -0.05) is 19.1 Å². The molecule has 25 heavy (non-hydrogen) atoms. The first-order chi connectivity index (χ1) is 11.9. The molecule has 0 atom stereocenters. The van der Waals surface area contributed by atoms with Crippen LogP contribution in [0, 0.1) is 0 Å². The molecule has 0 bridgehead atoms. The van der Waals surface area contributed by atoms with Crippen molar-refractivity contribution in [2.45, 2.75) is 17.6 Å². The Labute approximate surface area is 149 Å². The van der Waals surface area contributed by atoms with Gasteiger partial charge in [-0.3, -0.25) is 9.52 Å². The molecule has 6 nitrogen and oxygen atoms in total. The van der Waals surface area contributed by atoms with E-state index >= 15 is 0 Å². The minimum absolute atomic E-state index is 0.204. The van der Waals surface area contributed by atoms with Gasteiger partial charge in [0.1, 0.15) is 4.21 Å². The molecule has 0 radical (unpaired) electrons. The molecule has 0 saturated heterocycles. The highest BCUT2D eigenvalue weighted by molar-refractivity contribution is 7.94. The van der Waals surface area contributed by atoms with Gasteiger partial charge >= 0.3 is 0 Å². The average molecular weight is 375 g/mol. The van der Waals surface area contributed by atoms with Crippen LogP contribution in [0.3, 0.4) is 0 Å². The van der Waals surface area contributed by atoms with Gasteiger partial charge in [0.05, 0.1) is 5.69 Å². The van der Waals surface area contributed by atoms with Gasteiger partial charge in [0.15, 0.2) is 0 Å². The van der Waals surface area contributed by atoms with E-state index < -0.39 is 10.0 Å². The molecule has 0 amide bonds. The van der Waals surface area contributed by atoms with E-state index in [1.165, 1.54) is 22.1 Å². The summed E-state index contributed by atoms with van der Waals surface area (Å²) in [4.78, 5) is 12.5. The minimum Gasteiger partial charge on any atom is -0.279 e. The molecule has 8 heteroatoms. The van der Waals surface area contributed by atoms with Crippen LogP contribution in [0.15, 0.2) is 57.5 Å². The second-order valence-electron chi connectivity index (χ2n) is 5.44. The minimum atomic E-state index is -3.62. The zero-order chi connectivity index (χ0) is 18.0. The van der Waals surface area contributed by atoms with Crippen LogP contribution in [0.4, 0.5) is 5.69 Å². The van der Waals surface area contributed by atoms with Crippen molar-refractivity contribution in [3.8, 4) is 11.3 Å². The molecule has 0 saturated carbocycles. The van der Waals surface area contributed by atoms with E-state index in [-0.39, 0.29) is 9.77 Å². The number of aromatic nitrogens is 2. The summed E-state index contributed by atoms with van der Waals surface area (Å²) >= 11 is 1.26. The standard InChI is InChI=1S/C17H17N3O3S2/c1-3-14-7-10-17(24-14)25(22,23)19-13-6-4-5-12(11-13)15-8-9-16(21)20(2)18-15/h4-11,19H,3H2,1-2H3. The quantitative estimate of drug-likeness (QED) is 0.743. The Morgan fingerprint density at radius 3 is 2.64 bits per heavy atom. The number of sulfonamides is 1. The van der Waals surface area contributed by atoms with Gasteiger partial charge in [0.2, 0.25) is 0 Å². The van der Waals surface area contributed by atoms with E-state index in [9.17, 15) is 13.2 Å². The van der Waals surface area contributed by atoms with Gasteiger partial charge in [0, 0.05) is 29.2 Å². The number of hydrogen-bond donors (Lipinski definition) is 1. The third-order valence-electron chi connectivity index (χ3n) is 3.62. The molecule has 3 rings (SSSR count). The molecule has 0 fully saturated rings. The number of benzene rings is 1. The third kappa shape index (κ3) is 3.80. The summed E-state index contributed by atoms with van der Waals surface area (Å²) in [5.41, 5.74) is 1.55. The van der Waals surface area contributed by atoms with E-state index in [0.717, 1.165) is 16.9 Å². The van der Waals surface area contributed by atoms with Crippen molar-refractivity contribution in [1.82, 2.24) is 9.78 Å². The molecule has 2 heterocycles. The SMILES string of the molecule is CCc1ccc(S(=O)(=O)Nc2cccc(-c3ccc(=O)n(C)n3)c2)s1. The lowest BCUT2D eigenvalue weighted by Gasteiger charge is -2.08. The van der Waals surface area contributed by atoms with Crippen molar-refractivity contribution in [3.05, 3.63) is 63.8 Å². The topological polar surface area (TPSA) is 81.1 Å². The van der Waals surface area contributed by atoms with Crippen molar-refractivity contribution < 1.29 is 8.42 Å². The number of aryl methyl sites for hydroxylation is 2. The summed E-state index contributed by atoms with van der Waals surface area (Å²) in [6, 6.07) is 13.4. The highest BCUT2D eigenvalue weighted by Crippen LogP contribution is 2.26. The van der Waals surface area contributed by atoms with E-state index in [2.05, 4.69) is 9.82 Å². The first kappa shape index (κ1) is 17.4. The van der Waals surface area contributed by atoms with Crippen molar-refractivity contribution in [2.24, 2.45) is 7.05 Å². The zero-order valence-electron chi connectivity index (χ0n) is 13.8. The normalized spacial score (nSPS) is 11.4. The first-order valence-electron chi connectivity index (χ1n) is 7.65. The lowest BCUT2D eigenvalue weighted by molar-refractivity contribution is 0.603. The number of nitrogens with one attached hydrogen (secondary N) is 1. The average Bonchev–Trinajstić information content (AvgIpc) is 3.07. The molecule has 0 aliphatic heterocycles. The molecule has 130 valence electrons. The van der Waals surface area contributed by atoms with E-state index in [1.54, 1.807) is 37.4 Å². The van der Waals surface area contributed by atoms with E-state index in [1.807, 2.05) is 19.1 Å². The van der Waals surface area contributed by atoms with Crippen molar-refractivity contribution in [3.63, 3.8) is 0 Å². The Morgan fingerprint density at radius 2 is 1.96 bits per heavy atom. The van der Waals surface area contributed by atoms with Crippen molar-refractivity contribution in [2.75, 3.05) is 4.72 Å². The maximum atomic E-state index is 12.5. The number of thiophene rings is 1. The van der Waals surface area contributed by atoms with Crippen LogP contribution < -0.4 is 10.3 Å². The van der Waals surface area contributed by atoms with Crippen LogP contribution in [0.25, 0.3) is 11.3 Å². The van der Waals surface area contributed by atoms with Crippen LogP contribution in [0.1, 0.15) is 11.8 Å². The van der Waals surface area contributed by atoms with Gasteiger partial charge in [-0.2, -0.15) is 5.10 Å². The van der Waals surface area contributed by atoms with E-state index in [0.29, 0.717) is 11.4 Å². The van der Waals surface area contributed by atoms with Crippen molar-refractivity contribution in [1.29, 1.82) is 0 Å². The zero-order valence-corrected chi connectivity index (χ0v) is 15.4.